The zero-order valence-corrected chi connectivity index (χ0v) is 20.1. The van der Waals surface area contributed by atoms with Crippen molar-refractivity contribution in [2.75, 3.05) is 6.61 Å². The van der Waals surface area contributed by atoms with Crippen LogP contribution in [0.1, 0.15) is 36.9 Å². The summed E-state index contributed by atoms with van der Waals surface area (Å²) < 4.78 is 72.9. The summed E-state index contributed by atoms with van der Waals surface area (Å²) in [5, 5.41) is 17.1. The van der Waals surface area contributed by atoms with E-state index < -0.39 is 55.2 Å². The number of aromatic nitrogens is 3. The molecule has 1 amide bonds. The van der Waals surface area contributed by atoms with E-state index in [9.17, 15) is 31.9 Å². The van der Waals surface area contributed by atoms with Gasteiger partial charge in [-0.15, -0.1) is 0 Å². The van der Waals surface area contributed by atoms with Gasteiger partial charge in [0.25, 0.3) is 5.92 Å². The van der Waals surface area contributed by atoms with Crippen molar-refractivity contribution in [1.82, 2.24) is 20.1 Å². The second-order valence-corrected chi connectivity index (χ2v) is 9.83. The highest BCUT2D eigenvalue weighted by Crippen LogP contribution is 2.42. The Hall–Kier alpha value is -3.54. The van der Waals surface area contributed by atoms with E-state index in [0.717, 1.165) is 11.8 Å². The number of ether oxygens (including phenoxy) is 1. The van der Waals surface area contributed by atoms with Gasteiger partial charge < -0.3 is 15.2 Å². The number of benzene rings is 1. The molecule has 5 rings (SSSR count). The molecule has 2 heterocycles. The highest BCUT2D eigenvalue weighted by Gasteiger charge is 2.50. The van der Waals surface area contributed by atoms with Gasteiger partial charge in [-0.1, -0.05) is 12.1 Å². The van der Waals surface area contributed by atoms with Crippen LogP contribution in [0, 0.1) is 11.7 Å². The fraction of sp³-hybridized carbons (Fsp3) is 0.423. The van der Waals surface area contributed by atoms with E-state index in [0.29, 0.717) is 29.8 Å². The first-order chi connectivity index (χ1) is 18.1. The number of aliphatic hydroxyl groups excluding tert-OH is 1. The molecular weight excluding hydrogens is 511 g/mol. The predicted molar refractivity (Wildman–Crippen MR) is 126 cm³/mol. The standard InChI is InChI=1S/C26H25F5N4O3/c27-17-5-7-21(32-12-17)35-20-11-16(23(37)33-25(14-36)8-9-26(30,31)13-25)4-6-19(20)22(34-35)15-2-1-3-18(10-15)38-24(28)29/h1-3,5,7,10,12,16,24,36H,4,6,8-9,11,13-14H2,(H,33,37)/t16-,25-/m1/s1. The van der Waals surface area contributed by atoms with E-state index in [1.165, 1.54) is 28.9 Å². The molecule has 3 aromatic rings. The van der Waals surface area contributed by atoms with E-state index in [1.807, 2.05) is 0 Å². The summed E-state index contributed by atoms with van der Waals surface area (Å²) >= 11 is 0. The minimum Gasteiger partial charge on any atom is -0.435 e. The molecule has 2 aromatic heterocycles. The minimum atomic E-state index is -3.00. The third-order valence-electron chi connectivity index (χ3n) is 7.16. The van der Waals surface area contributed by atoms with Crippen molar-refractivity contribution in [3.8, 4) is 22.8 Å². The highest BCUT2D eigenvalue weighted by molar-refractivity contribution is 5.80. The molecule has 38 heavy (non-hydrogen) atoms. The number of amides is 1. The van der Waals surface area contributed by atoms with Crippen molar-refractivity contribution >= 4 is 5.91 Å². The molecule has 12 heteroatoms. The Morgan fingerprint density at radius 2 is 2.05 bits per heavy atom. The number of carbonyl (C=O) groups excluding carboxylic acids is 1. The van der Waals surface area contributed by atoms with Crippen LogP contribution in [0.3, 0.4) is 0 Å². The number of halogens is 5. The van der Waals surface area contributed by atoms with Gasteiger partial charge in [0, 0.05) is 36.3 Å². The molecule has 202 valence electrons. The van der Waals surface area contributed by atoms with Crippen LogP contribution in [-0.4, -0.2) is 50.5 Å². The van der Waals surface area contributed by atoms with E-state index in [2.05, 4.69) is 20.1 Å². The molecule has 2 N–H and O–H groups in total. The summed E-state index contributed by atoms with van der Waals surface area (Å²) in [6, 6.07) is 8.71. The van der Waals surface area contributed by atoms with Crippen molar-refractivity contribution in [3.63, 3.8) is 0 Å². The Morgan fingerprint density at radius 3 is 2.71 bits per heavy atom. The van der Waals surface area contributed by atoms with Crippen LogP contribution >= 0.6 is 0 Å². The molecule has 0 saturated heterocycles. The van der Waals surface area contributed by atoms with Crippen molar-refractivity contribution in [1.29, 1.82) is 0 Å². The maximum absolute atomic E-state index is 13.9. The van der Waals surface area contributed by atoms with E-state index in [-0.39, 0.29) is 24.4 Å². The second kappa shape index (κ2) is 9.97. The highest BCUT2D eigenvalue weighted by atomic mass is 19.3. The number of rotatable bonds is 7. The molecule has 0 radical (unpaired) electrons. The molecule has 2 aliphatic rings. The topological polar surface area (TPSA) is 89.3 Å². The normalized spacial score (nSPS) is 22.3. The molecule has 0 aliphatic heterocycles. The van der Waals surface area contributed by atoms with Crippen LogP contribution < -0.4 is 10.1 Å². The summed E-state index contributed by atoms with van der Waals surface area (Å²) in [4.78, 5) is 17.3. The fourth-order valence-electron chi connectivity index (χ4n) is 5.31. The van der Waals surface area contributed by atoms with Crippen molar-refractivity contribution in [2.45, 2.75) is 56.6 Å². The number of aliphatic hydroxyl groups is 1. The first-order valence-corrected chi connectivity index (χ1v) is 12.2. The number of fused-ring (bicyclic) bond motifs is 1. The first-order valence-electron chi connectivity index (χ1n) is 12.2. The Balaban J connectivity index is 1.48. The number of pyridine rings is 1. The summed E-state index contributed by atoms with van der Waals surface area (Å²) in [5.74, 6) is -4.31. The number of alkyl halides is 4. The Kier molecular flexibility index (Phi) is 6.84. The average molecular weight is 537 g/mol. The zero-order chi connectivity index (χ0) is 27.1. The number of carbonyl (C=O) groups is 1. The molecule has 0 unspecified atom stereocenters. The first kappa shape index (κ1) is 26.1. The second-order valence-electron chi connectivity index (χ2n) is 9.83. The molecule has 0 bridgehead atoms. The lowest BCUT2D eigenvalue weighted by atomic mass is 9.84. The number of nitrogens with one attached hydrogen (secondary N) is 1. The van der Waals surface area contributed by atoms with Gasteiger partial charge in [0.1, 0.15) is 11.6 Å². The van der Waals surface area contributed by atoms with E-state index in [4.69, 9.17) is 0 Å². The van der Waals surface area contributed by atoms with Crippen LogP contribution in [-0.2, 0) is 17.6 Å². The molecule has 1 saturated carbocycles. The lowest BCUT2D eigenvalue weighted by molar-refractivity contribution is -0.128. The lowest BCUT2D eigenvalue weighted by Gasteiger charge is -2.31. The van der Waals surface area contributed by atoms with Gasteiger partial charge in [0.15, 0.2) is 5.82 Å². The van der Waals surface area contributed by atoms with Crippen LogP contribution in [0.2, 0.25) is 0 Å². The van der Waals surface area contributed by atoms with Crippen molar-refractivity contribution < 1.29 is 36.6 Å². The van der Waals surface area contributed by atoms with E-state index >= 15 is 0 Å². The Bertz CT molecular complexity index is 1330. The third kappa shape index (κ3) is 5.22. The van der Waals surface area contributed by atoms with Gasteiger partial charge in [-0.25, -0.2) is 22.8 Å². The number of hydrogen-bond acceptors (Lipinski definition) is 5. The third-order valence-corrected chi connectivity index (χ3v) is 7.16. The summed E-state index contributed by atoms with van der Waals surface area (Å²) in [7, 11) is 0. The summed E-state index contributed by atoms with van der Waals surface area (Å²) in [6.07, 6.45) is 0.892. The fourth-order valence-corrected chi connectivity index (χ4v) is 5.31. The minimum absolute atomic E-state index is 0.0289. The molecule has 7 nitrogen and oxygen atoms in total. The van der Waals surface area contributed by atoms with Crippen LogP contribution in [0.4, 0.5) is 22.0 Å². The maximum Gasteiger partial charge on any atom is 0.387 e. The van der Waals surface area contributed by atoms with Crippen molar-refractivity contribution in [3.05, 3.63) is 59.7 Å². The smallest absolute Gasteiger partial charge is 0.387 e. The van der Waals surface area contributed by atoms with Crippen LogP contribution in [0.15, 0.2) is 42.6 Å². The average Bonchev–Trinajstić information content (AvgIpc) is 3.41. The maximum atomic E-state index is 13.9. The monoisotopic (exact) mass is 536 g/mol. The van der Waals surface area contributed by atoms with Gasteiger partial charge in [-0.05, 0) is 43.5 Å². The van der Waals surface area contributed by atoms with Gasteiger partial charge in [0.2, 0.25) is 5.91 Å². The largest absolute Gasteiger partial charge is 0.435 e. The van der Waals surface area contributed by atoms with Gasteiger partial charge in [0.05, 0.1) is 29.7 Å². The number of nitrogens with zero attached hydrogens (tertiary/aromatic N) is 3. The lowest BCUT2D eigenvalue weighted by Crippen LogP contribution is -2.52. The van der Waals surface area contributed by atoms with E-state index in [1.54, 1.807) is 12.1 Å². The molecular formula is C26H25F5N4O3. The summed E-state index contributed by atoms with van der Waals surface area (Å²) in [5.41, 5.74) is 0.984. The summed E-state index contributed by atoms with van der Waals surface area (Å²) in [6.45, 7) is -3.59. The SMILES string of the molecule is O=C(N[C@]1(CO)CCC(F)(F)C1)[C@@H]1CCc2c(-c3cccc(OC(F)F)c3)nn(-c3ccc(F)cn3)c2C1. The molecule has 2 aliphatic carbocycles. The molecule has 2 atom stereocenters. The van der Waals surface area contributed by atoms with Gasteiger partial charge in [-0.3, -0.25) is 4.79 Å². The van der Waals surface area contributed by atoms with Gasteiger partial charge >= 0.3 is 6.61 Å². The Morgan fingerprint density at radius 1 is 1.24 bits per heavy atom. The molecule has 1 fully saturated rings. The van der Waals surface area contributed by atoms with Crippen molar-refractivity contribution in [2.24, 2.45) is 5.92 Å². The zero-order valence-electron chi connectivity index (χ0n) is 20.1. The van der Waals surface area contributed by atoms with Gasteiger partial charge in [-0.2, -0.15) is 13.9 Å². The van der Waals surface area contributed by atoms with Crippen LogP contribution in [0.5, 0.6) is 5.75 Å². The molecule has 0 spiro atoms. The molecule has 1 aromatic carbocycles. The predicted octanol–water partition coefficient (Wildman–Crippen LogP) is 4.45. The Labute approximate surface area is 214 Å². The van der Waals surface area contributed by atoms with Crippen LogP contribution in [0.25, 0.3) is 17.1 Å². The number of hydrogen-bond donors (Lipinski definition) is 2. The quantitative estimate of drug-likeness (QED) is 0.436.